The number of Topliss-reactive ketones (excluding diaryl/α,β-unsaturated/α-hetero) is 1. The van der Waals surface area contributed by atoms with E-state index in [1.54, 1.807) is 0 Å². The third kappa shape index (κ3) is 2.14. The lowest BCUT2D eigenvalue weighted by molar-refractivity contribution is -0.182. The lowest BCUT2D eigenvalue weighted by Crippen LogP contribution is -2.61. The molecule has 0 bridgehead atoms. The topological polar surface area (TPSA) is 77.8 Å². The number of hydrogen-bond acceptors (Lipinski definition) is 4. The third-order valence-electron chi connectivity index (χ3n) is 8.72. The number of fused-ring (bicyclic) bond motifs is 5. The van der Waals surface area contributed by atoms with Crippen molar-refractivity contribution in [3.05, 3.63) is 11.6 Å². The maximum Gasteiger partial charge on any atom is 0.190 e. The molecule has 7 atom stereocenters. The average molecular weight is 348 g/mol. The van der Waals surface area contributed by atoms with Gasteiger partial charge in [-0.25, -0.2) is 0 Å². The molecule has 4 nitrogen and oxygen atoms in total. The standard InChI is InChI=1S/C21H32O4/c1-19-9-4-3-5-13(19)6-7-14-15-8-10-21(25,17(24)12-22)20(15,2)11-16(23)18(14)19/h5,14-16,18,22-23,25H,3-4,6-12H2,1-2H3/t14-,15-,16-,18+,19-,20-,21-/m0/s1. The molecule has 0 unspecified atom stereocenters. The first-order valence-corrected chi connectivity index (χ1v) is 10.0. The van der Waals surface area contributed by atoms with E-state index >= 15 is 0 Å². The Morgan fingerprint density at radius 3 is 2.76 bits per heavy atom. The quantitative estimate of drug-likeness (QED) is 0.670. The summed E-state index contributed by atoms with van der Waals surface area (Å²) < 4.78 is 0. The molecule has 0 aromatic heterocycles. The van der Waals surface area contributed by atoms with E-state index < -0.39 is 29.5 Å². The van der Waals surface area contributed by atoms with Gasteiger partial charge in [0.05, 0.1) is 6.10 Å². The van der Waals surface area contributed by atoms with E-state index in [9.17, 15) is 20.1 Å². The number of carbonyl (C=O) groups is 1. The predicted molar refractivity (Wildman–Crippen MR) is 94.8 cm³/mol. The first-order chi connectivity index (χ1) is 11.8. The van der Waals surface area contributed by atoms with E-state index in [0.717, 1.165) is 32.1 Å². The predicted octanol–water partition coefficient (Wildman–Crippen LogP) is 2.60. The highest BCUT2D eigenvalue weighted by molar-refractivity contribution is 5.89. The van der Waals surface area contributed by atoms with Crippen LogP contribution in [-0.4, -0.2) is 39.4 Å². The van der Waals surface area contributed by atoms with Crippen molar-refractivity contribution in [3.8, 4) is 0 Å². The van der Waals surface area contributed by atoms with Crippen molar-refractivity contribution in [1.82, 2.24) is 0 Å². The molecule has 0 saturated heterocycles. The van der Waals surface area contributed by atoms with Crippen LogP contribution in [-0.2, 0) is 4.79 Å². The Morgan fingerprint density at radius 1 is 1.28 bits per heavy atom. The molecule has 0 aliphatic heterocycles. The molecule has 4 aliphatic carbocycles. The van der Waals surface area contributed by atoms with Crippen LogP contribution in [0.25, 0.3) is 0 Å². The zero-order chi connectivity index (χ0) is 18.0. The van der Waals surface area contributed by atoms with Crippen molar-refractivity contribution in [2.24, 2.45) is 28.6 Å². The van der Waals surface area contributed by atoms with Gasteiger partial charge in [-0.3, -0.25) is 4.79 Å². The summed E-state index contributed by atoms with van der Waals surface area (Å²) in [5.41, 5.74) is -0.507. The molecule has 0 aromatic carbocycles. The Kier molecular flexibility index (Phi) is 3.99. The third-order valence-corrected chi connectivity index (χ3v) is 8.72. The number of aliphatic hydroxyl groups is 3. The molecule has 0 heterocycles. The van der Waals surface area contributed by atoms with E-state index in [1.165, 1.54) is 12.0 Å². The Hall–Kier alpha value is -0.710. The summed E-state index contributed by atoms with van der Waals surface area (Å²) in [6.45, 7) is 3.69. The Labute approximate surface area is 150 Å². The van der Waals surface area contributed by atoms with Crippen LogP contribution in [0.2, 0.25) is 0 Å². The summed E-state index contributed by atoms with van der Waals surface area (Å²) in [4.78, 5) is 12.4. The second kappa shape index (κ2) is 5.64. The average Bonchev–Trinajstić information content (AvgIpc) is 2.85. The molecule has 0 aromatic rings. The molecule has 0 spiro atoms. The van der Waals surface area contributed by atoms with Gasteiger partial charge in [-0.05, 0) is 74.5 Å². The maximum atomic E-state index is 12.4. The zero-order valence-corrected chi connectivity index (χ0v) is 15.5. The van der Waals surface area contributed by atoms with Gasteiger partial charge in [0.25, 0.3) is 0 Å². The molecule has 0 radical (unpaired) electrons. The Morgan fingerprint density at radius 2 is 2.04 bits per heavy atom. The molecule has 4 rings (SSSR count). The molecule has 0 amide bonds. The molecule has 140 valence electrons. The highest BCUT2D eigenvalue weighted by atomic mass is 16.3. The van der Waals surface area contributed by atoms with Crippen molar-refractivity contribution in [3.63, 3.8) is 0 Å². The summed E-state index contributed by atoms with van der Waals surface area (Å²) in [5.74, 6) is 0.372. The van der Waals surface area contributed by atoms with Crippen molar-refractivity contribution in [2.75, 3.05) is 6.61 Å². The van der Waals surface area contributed by atoms with Gasteiger partial charge in [0.2, 0.25) is 0 Å². The molecule has 3 fully saturated rings. The lowest BCUT2D eigenvalue weighted by atomic mass is 9.45. The van der Waals surface area contributed by atoms with Gasteiger partial charge in [0, 0.05) is 5.41 Å². The van der Waals surface area contributed by atoms with Gasteiger partial charge in [0.15, 0.2) is 5.78 Å². The van der Waals surface area contributed by atoms with Crippen LogP contribution in [0.1, 0.15) is 65.2 Å². The lowest BCUT2D eigenvalue weighted by Gasteiger charge is -2.60. The molecule has 3 saturated carbocycles. The van der Waals surface area contributed by atoms with Crippen LogP contribution in [0.3, 0.4) is 0 Å². The van der Waals surface area contributed by atoms with Gasteiger partial charge in [-0.1, -0.05) is 25.5 Å². The van der Waals surface area contributed by atoms with Gasteiger partial charge < -0.3 is 15.3 Å². The number of allylic oxidation sites excluding steroid dienone is 2. The summed E-state index contributed by atoms with van der Waals surface area (Å²) in [5, 5.41) is 31.8. The number of aliphatic hydroxyl groups excluding tert-OH is 2. The zero-order valence-electron chi connectivity index (χ0n) is 15.5. The van der Waals surface area contributed by atoms with Gasteiger partial charge in [0.1, 0.15) is 12.2 Å². The SMILES string of the molecule is C[C@]12CCCC=C1CC[C@@H]1[C@@H]2[C@@H](O)C[C@@]2(C)[C@H]1CC[C@]2(O)C(=O)CO. The molecule has 4 aliphatic rings. The van der Waals surface area contributed by atoms with Crippen LogP contribution in [0.15, 0.2) is 11.6 Å². The van der Waals surface area contributed by atoms with Crippen molar-refractivity contribution < 1.29 is 20.1 Å². The molecular weight excluding hydrogens is 316 g/mol. The highest BCUT2D eigenvalue weighted by Gasteiger charge is 2.67. The summed E-state index contributed by atoms with van der Waals surface area (Å²) >= 11 is 0. The highest BCUT2D eigenvalue weighted by Crippen LogP contribution is 2.67. The largest absolute Gasteiger partial charge is 0.393 e. The van der Waals surface area contributed by atoms with Crippen molar-refractivity contribution >= 4 is 5.78 Å². The second-order valence-electron chi connectivity index (χ2n) is 9.54. The van der Waals surface area contributed by atoms with E-state index in [1.807, 2.05) is 6.92 Å². The first-order valence-electron chi connectivity index (χ1n) is 10.0. The van der Waals surface area contributed by atoms with E-state index in [2.05, 4.69) is 13.0 Å². The molecule has 25 heavy (non-hydrogen) atoms. The summed E-state index contributed by atoms with van der Waals surface area (Å²) in [7, 11) is 0. The second-order valence-corrected chi connectivity index (χ2v) is 9.54. The molecular formula is C21H32O4. The van der Waals surface area contributed by atoms with Crippen molar-refractivity contribution in [2.45, 2.75) is 76.9 Å². The van der Waals surface area contributed by atoms with Gasteiger partial charge in [-0.15, -0.1) is 0 Å². The summed E-state index contributed by atoms with van der Waals surface area (Å²) in [6, 6.07) is 0. The minimum absolute atomic E-state index is 0.0730. The minimum atomic E-state index is -1.48. The Balaban J connectivity index is 1.73. The minimum Gasteiger partial charge on any atom is -0.393 e. The maximum absolute atomic E-state index is 12.4. The van der Waals surface area contributed by atoms with E-state index in [-0.39, 0.29) is 17.3 Å². The fourth-order valence-corrected chi connectivity index (χ4v) is 7.48. The van der Waals surface area contributed by atoms with Crippen LogP contribution in [0.5, 0.6) is 0 Å². The monoisotopic (exact) mass is 348 g/mol. The molecule has 4 heteroatoms. The van der Waals surface area contributed by atoms with Crippen molar-refractivity contribution in [1.29, 1.82) is 0 Å². The van der Waals surface area contributed by atoms with Crippen LogP contribution < -0.4 is 0 Å². The fraction of sp³-hybridized carbons (Fsp3) is 0.857. The Bertz CT molecular complexity index is 613. The number of hydrogen-bond donors (Lipinski definition) is 3. The number of ketones is 1. The molecule has 3 N–H and O–H groups in total. The number of carbonyl (C=O) groups excluding carboxylic acids is 1. The van der Waals surface area contributed by atoms with E-state index in [4.69, 9.17) is 0 Å². The fourth-order valence-electron chi connectivity index (χ4n) is 7.48. The summed E-state index contributed by atoms with van der Waals surface area (Å²) in [6.07, 6.45) is 9.23. The van der Waals surface area contributed by atoms with Crippen LogP contribution in [0, 0.1) is 28.6 Å². The van der Waals surface area contributed by atoms with E-state index in [0.29, 0.717) is 18.8 Å². The number of rotatable bonds is 2. The normalized spacial score (nSPS) is 52.0. The smallest absolute Gasteiger partial charge is 0.190 e. The van der Waals surface area contributed by atoms with Crippen LogP contribution in [0.4, 0.5) is 0 Å². The van der Waals surface area contributed by atoms with Gasteiger partial charge >= 0.3 is 0 Å². The van der Waals surface area contributed by atoms with Crippen LogP contribution >= 0.6 is 0 Å². The van der Waals surface area contributed by atoms with Gasteiger partial charge in [-0.2, -0.15) is 0 Å². The first kappa shape index (κ1) is 17.7.